The van der Waals surface area contributed by atoms with Gasteiger partial charge >= 0.3 is 0 Å². The summed E-state index contributed by atoms with van der Waals surface area (Å²) in [6, 6.07) is 2.03. The van der Waals surface area contributed by atoms with Gasteiger partial charge in [-0.3, -0.25) is 0 Å². The van der Waals surface area contributed by atoms with Crippen molar-refractivity contribution in [1.82, 2.24) is 0 Å². The summed E-state index contributed by atoms with van der Waals surface area (Å²) < 4.78 is 10.9. The fraction of sp³-hybridized carbons (Fsp3) is 0.500. The van der Waals surface area contributed by atoms with Crippen LogP contribution in [0, 0.1) is 13.8 Å². The maximum Gasteiger partial charge on any atom is 0.231 e. The summed E-state index contributed by atoms with van der Waals surface area (Å²) in [5.74, 6) is 1.72. The monoisotopic (exact) mass is 205 g/mol. The molecule has 2 aliphatic rings. The molecule has 15 heavy (non-hydrogen) atoms. The molecule has 1 aromatic carbocycles. The minimum Gasteiger partial charge on any atom is -0.454 e. The highest BCUT2D eigenvalue weighted by atomic mass is 16.7. The van der Waals surface area contributed by atoms with E-state index in [2.05, 4.69) is 13.8 Å². The van der Waals surface area contributed by atoms with Gasteiger partial charge in [-0.1, -0.05) is 0 Å². The predicted octanol–water partition coefficient (Wildman–Crippen LogP) is 1.98. The summed E-state index contributed by atoms with van der Waals surface area (Å²) >= 11 is 0. The number of rotatable bonds is 1. The Labute approximate surface area is 89.2 Å². The number of hydrogen-bond acceptors (Lipinski definition) is 3. The van der Waals surface area contributed by atoms with Gasteiger partial charge in [-0.25, -0.2) is 0 Å². The lowest BCUT2D eigenvalue weighted by molar-refractivity contribution is 0.172. The number of hydrogen-bond donors (Lipinski definition) is 1. The van der Waals surface area contributed by atoms with Gasteiger partial charge in [0.1, 0.15) is 0 Å². The molecule has 0 amide bonds. The summed E-state index contributed by atoms with van der Waals surface area (Å²) in [6.45, 7) is 4.52. The van der Waals surface area contributed by atoms with Crippen LogP contribution in [0.25, 0.3) is 0 Å². The number of nitrogens with two attached hydrogens (primary N) is 1. The molecule has 3 nitrogen and oxygen atoms in total. The standard InChI is InChI=1S/C12H15NO2/c1-7-5-9-11(15-6-14-9)10(8(7)2)12(13)3-4-12/h5H,3-4,6,13H2,1-2H3. The third kappa shape index (κ3) is 1.16. The first-order chi connectivity index (χ1) is 7.12. The second kappa shape index (κ2) is 2.67. The quantitative estimate of drug-likeness (QED) is 0.762. The molecular formula is C12H15NO2. The van der Waals surface area contributed by atoms with Crippen LogP contribution < -0.4 is 15.2 Å². The van der Waals surface area contributed by atoms with Crippen molar-refractivity contribution in [3.63, 3.8) is 0 Å². The van der Waals surface area contributed by atoms with Crippen molar-refractivity contribution in [2.24, 2.45) is 5.73 Å². The maximum atomic E-state index is 6.28. The molecule has 3 rings (SSSR count). The van der Waals surface area contributed by atoms with E-state index in [9.17, 15) is 0 Å². The van der Waals surface area contributed by atoms with Crippen molar-refractivity contribution >= 4 is 0 Å². The van der Waals surface area contributed by atoms with Crippen LogP contribution in [0.1, 0.15) is 29.5 Å². The largest absolute Gasteiger partial charge is 0.454 e. The number of fused-ring (bicyclic) bond motifs is 1. The Hall–Kier alpha value is -1.22. The summed E-state index contributed by atoms with van der Waals surface area (Å²) in [6.07, 6.45) is 2.10. The van der Waals surface area contributed by atoms with Crippen LogP contribution in [0.4, 0.5) is 0 Å². The average Bonchev–Trinajstić information content (AvgIpc) is 2.76. The van der Waals surface area contributed by atoms with E-state index in [-0.39, 0.29) is 5.54 Å². The Kier molecular flexibility index (Phi) is 1.61. The number of benzene rings is 1. The maximum absolute atomic E-state index is 6.28. The van der Waals surface area contributed by atoms with Crippen molar-refractivity contribution in [2.75, 3.05) is 6.79 Å². The van der Waals surface area contributed by atoms with Crippen molar-refractivity contribution in [3.05, 3.63) is 22.8 Å². The Morgan fingerprint density at radius 1 is 1.27 bits per heavy atom. The van der Waals surface area contributed by atoms with Crippen molar-refractivity contribution in [3.8, 4) is 11.5 Å². The second-order valence-corrected chi connectivity index (χ2v) is 4.58. The SMILES string of the molecule is Cc1cc2c(c(C3(N)CC3)c1C)OCO2. The van der Waals surface area contributed by atoms with Gasteiger partial charge < -0.3 is 15.2 Å². The number of ether oxygens (including phenoxy) is 2. The van der Waals surface area contributed by atoms with Gasteiger partial charge in [0.15, 0.2) is 11.5 Å². The van der Waals surface area contributed by atoms with Crippen LogP contribution in [-0.4, -0.2) is 6.79 Å². The van der Waals surface area contributed by atoms with E-state index in [1.807, 2.05) is 6.07 Å². The molecule has 2 N–H and O–H groups in total. The molecule has 1 aliphatic heterocycles. The predicted molar refractivity (Wildman–Crippen MR) is 57.1 cm³/mol. The molecule has 1 aliphatic carbocycles. The van der Waals surface area contributed by atoms with E-state index in [1.54, 1.807) is 0 Å². The molecule has 0 saturated heterocycles. The Bertz CT molecular complexity index is 436. The van der Waals surface area contributed by atoms with Gasteiger partial charge in [-0.15, -0.1) is 0 Å². The van der Waals surface area contributed by atoms with Gasteiger partial charge in [-0.05, 0) is 43.9 Å². The molecular weight excluding hydrogens is 190 g/mol. The lowest BCUT2D eigenvalue weighted by Crippen LogP contribution is -2.21. The minimum absolute atomic E-state index is 0.159. The van der Waals surface area contributed by atoms with Crippen LogP contribution in [0.5, 0.6) is 11.5 Å². The number of aryl methyl sites for hydroxylation is 1. The molecule has 3 heteroatoms. The molecule has 1 heterocycles. The smallest absolute Gasteiger partial charge is 0.231 e. The van der Waals surface area contributed by atoms with Crippen molar-refractivity contribution in [2.45, 2.75) is 32.2 Å². The van der Waals surface area contributed by atoms with E-state index in [1.165, 1.54) is 11.1 Å². The highest BCUT2D eigenvalue weighted by molar-refractivity contribution is 5.59. The first-order valence-electron chi connectivity index (χ1n) is 5.31. The Morgan fingerprint density at radius 2 is 2.00 bits per heavy atom. The molecule has 1 saturated carbocycles. The lowest BCUT2D eigenvalue weighted by atomic mass is 9.94. The Morgan fingerprint density at radius 3 is 2.67 bits per heavy atom. The zero-order valence-electron chi connectivity index (χ0n) is 9.09. The molecule has 80 valence electrons. The molecule has 1 aromatic rings. The summed E-state index contributed by atoms with van der Waals surface area (Å²) in [5, 5.41) is 0. The highest BCUT2D eigenvalue weighted by Crippen LogP contribution is 2.52. The molecule has 0 spiro atoms. The average molecular weight is 205 g/mol. The highest BCUT2D eigenvalue weighted by Gasteiger charge is 2.45. The fourth-order valence-electron chi connectivity index (χ4n) is 2.25. The fourth-order valence-corrected chi connectivity index (χ4v) is 2.25. The van der Waals surface area contributed by atoms with E-state index >= 15 is 0 Å². The minimum atomic E-state index is -0.159. The van der Waals surface area contributed by atoms with E-state index in [0.29, 0.717) is 6.79 Å². The molecule has 0 bridgehead atoms. The van der Waals surface area contributed by atoms with Gasteiger partial charge in [-0.2, -0.15) is 0 Å². The Balaban J connectivity index is 2.26. The van der Waals surface area contributed by atoms with Crippen LogP contribution in [-0.2, 0) is 5.54 Å². The van der Waals surface area contributed by atoms with E-state index < -0.39 is 0 Å². The van der Waals surface area contributed by atoms with Crippen LogP contribution in [0.2, 0.25) is 0 Å². The first-order valence-corrected chi connectivity index (χ1v) is 5.31. The molecule has 0 radical (unpaired) electrons. The molecule has 0 aromatic heterocycles. The summed E-state index contributed by atoms with van der Waals surface area (Å²) in [4.78, 5) is 0. The zero-order chi connectivity index (χ0) is 10.6. The van der Waals surface area contributed by atoms with Crippen molar-refractivity contribution in [1.29, 1.82) is 0 Å². The van der Waals surface area contributed by atoms with Gasteiger partial charge in [0.05, 0.1) is 0 Å². The summed E-state index contributed by atoms with van der Waals surface area (Å²) in [5.41, 5.74) is 9.76. The van der Waals surface area contributed by atoms with Crippen molar-refractivity contribution < 1.29 is 9.47 Å². The normalized spacial score (nSPS) is 20.5. The van der Waals surface area contributed by atoms with Crippen LogP contribution in [0.15, 0.2) is 6.07 Å². The topological polar surface area (TPSA) is 44.5 Å². The third-order valence-corrected chi connectivity index (χ3v) is 3.47. The molecule has 1 fully saturated rings. The first kappa shape index (κ1) is 9.04. The van der Waals surface area contributed by atoms with Gasteiger partial charge in [0.25, 0.3) is 0 Å². The van der Waals surface area contributed by atoms with Crippen LogP contribution >= 0.6 is 0 Å². The molecule has 0 unspecified atom stereocenters. The second-order valence-electron chi connectivity index (χ2n) is 4.58. The van der Waals surface area contributed by atoms with Gasteiger partial charge in [0, 0.05) is 11.1 Å². The van der Waals surface area contributed by atoms with E-state index in [4.69, 9.17) is 15.2 Å². The summed E-state index contributed by atoms with van der Waals surface area (Å²) in [7, 11) is 0. The third-order valence-electron chi connectivity index (χ3n) is 3.47. The van der Waals surface area contributed by atoms with Crippen LogP contribution in [0.3, 0.4) is 0 Å². The lowest BCUT2D eigenvalue weighted by Gasteiger charge is -2.17. The van der Waals surface area contributed by atoms with E-state index in [0.717, 1.165) is 29.9 Å². The molecule has 0 atom stereocenters. The van der Waals surface area contributed by atoms with Gasteiger partial charge in [0.2, 0.25) is 6.79 Å². The zero-order valence-corrected chi connectivity index (χ0v) is 9.09.